The van der Waals surface area contributed by atoms with E-state index in [0.29, 0.717) is 5.69 Å². The molecular formula is C19H23FN4O2. The Kier molecular flexibility index (Phi) is 5.68. The number of amides is 2. The second-order valence-corrected chi connectivity index (χ2v) is 6.50. The molecule has 2 amide bonds. The number of likely N-dealkylation sites (tertiary alicyclic amines) is 1. The normalized spacial score (nSPS) is 17.2. The van der Waals surface area contributed by atoms with Crippen LogP contribution in [0.3, 0.4) is 0 Å². The average molecular weight is 358 g/mol. The molecule has 0 spiro atoms. The summed E-state index contributed by atoms with van der Waals surface area (Å²) in [4.78, 5) is 26.3. The van der Waals surface area contributed by atoms with E-state index in [1.807, 2.05) is 19.3 Å². The lowest BCUT2D eigenvalue weighted by Gasteiger charge is -2.24. The molecule has 0 unspecified atom stereocenters. The number of nitrogens with zero attached hydrogens (tertiary/aromatic N) is 2. The third kappa shape index (κ3) is 4.49. The van der Waals surface area contributed by atoms with Gasteiger partial charge in [0.05, 0.1) is 19.1 Å². The fraction of sp³-hybridized carbons (Fsp3) is 0.368. The Balaban J connectivity index is 1.47. The quantitative estimate of drug-likeness (QED) is 0.831. The Bertz CT molecular complexity index is 772. The van der Waals surface area contributed by atoms with Gasteiger partial charge in [-0.25, -0.2) is 4.39 Å². The molecule has 26 heavy (non-hydrogen) atoms. The van der Waals surface area contributed by atoms with Gasteiger partial charge >= 0.3 is 0 Å². The lowest BCUT2D eigenvalue weighted by Crippen LogP contribution is -2.40. The van der Waals surface area contributed by atoms with E-state index in [0.717, 1.165) is 19.4 Å². The Morgan fingerprint density at radius 2 is 1.96 bits per heavy atom. The topological polar surface area (TPSA) is 66.4 Å². The lowest BCUT2D eigenvalue weighted by atomic mass is 10.1. The molecule has 1 aliphatic heterocycles. The first-order valence-corrected chi connectivity index (χ1v) is 8.70. The summed E-state index contributed by atoms with van der Waals surface area (Å²) in [5.74, 6) is -0.888. The number of nitrogens with one attached hydrogen (secondary N) is 2. The number of hydrogen-bond donors (Lipinski definition) is 2. The van der Waals surface area contributed by atoms with Gasteiger partial charge in [-0.3, -0.25) is 14.5 Å². The number of benzene rings is 1. The molecule has 7 heteroatoms. The van der Waals surface area contributed by atoms with Crippen molar-refractivity contribution in [3.63, 3.8) is 0 Å². The van der Waals surface area contributed by atoms with Crippen LogP contribution in [-0.4, -0.2) is 40.9 Å². The van der Waals surface area contributed by atoms with Gasteiger partial charge in [-0.15, -0.1) is 0 Å². The van der Waals surface area contributed by atoms with E-state index in [9.17, 15) is 14.0 Å². The SMILES string of the molecule is Cn1cccc1[C@@H]1CCCN1CC(=O)NCC(=O)Nc1ccc(F)cc1. The predicted octanol–water partition coefficient (Wildman–Crippen LogP) is 2.06. The van der Waals surface area contributed by atoms with Gasteiger partial charge in [-0.1, -0.05) is 0 Å². The molecule has 3 rings (SSSR count). The molecule has 2 heterocycles. The zero-order valence-corrected chi connectivity index (χ0v) is 14.7. The molecule has 1 aromatic carbocycles. The van der Waals surface area contributed by atoms with E-state index in [4.69, 9.17) is 0 Å². The maximum absolute atomic E-state index is 12.9. The molecule has 138 valence electrons. The summed E-state index contributed by atoms with van der Waals surface area (Å²) in [6.45, 7) is 1.02. The van der Waals surface area contributed by atoms with Crippen LogP contribution in [0.15, 0.2) is 42.6 Å². The third-order valence-corrected chi connectivity index (χ3v) is 4.61. The Labute approximate surface area is 152 Å². The Morgan fingerprint density at radius 3 is 2.65 bits per heavy atom. The second-order valence-electron chi connectivity index (χ2n) is 6.50. The molecule has 1 aromatic heterocycles. The zero-order valence-electron chi connectivity index (χ0n) is 14.7. The Hall–Kier alpha value is -2.67. The number of anilines is 1. The third-order valence-electron chi connectivity index (χ3n) is 4.61. The molecule has 0 aliphatic carbocycles. The minimum Gasteiger partial charge on any atom is -0.353 e. The molecule has 0 radical (unpaired) electrons. The summed E-state index contributed by atoms with van der Waals surface area (Å²) in [5, 5.41) is 5.27. The summed E-state index contributed by atoms with van der Waals surface area (Å²) in [6, 6.07) is 9.81. The smallest absolute Gasteiger partial charge is 0.243 e. The standard InChI is InChI=1S/C19H23FN4O2/c1-23-10-2-4-16(23)17-5-3-11-24(17)13-19(26)21-12-18(25)22-15-8-6-14(20)7-9-15/h2,4,6-10,17H,3,5,11-13H2,1H3,(H,21,26)(H,22,25)/t17-/m0/s1. The van der Waals surface area contributed by atoms with Crippen LogP contribution >= 0.6 is 0 Å². The van der Waals surface area contributed by atoms with E-state index >= 15 is 0 Å². The molecule has 1 saturated heterocycles. The number of aromatic nitrogens is 1. The maximum Gasteiger partial charge on any atom is 0.243 e. The summed E-state index contributed by atoms with van der Waals surface area (Å²) in [5.41, 5.74) is 1.69. The second kappa shape index (κ2) is 8.14. The summed E-state index contributed by atoms with van der Waals surface area (Å²) >= 11 is 0. The van der Waals surface area contributed by atoms with Crippen LogP contribution in [0.1, 0.15) is 24.6 Å². The molecule has 2 N–H and O–H groups in total. The van der Waals surface area contributed by atoms with Gasteiger partial charge < -0.3 is 15.2 Å². The summed E-state index contributed by atoms with van der Waals surface area (Å²) < 4.78 is 14.9. The molecule has 2 aromatic rings. The van der Waals surface area contributed by atoms with E-state index in [1.54, 1.807) is 0 Å². The maximum atomic E-state index is 12.9. The highest BCUT2D eigenvalue weighted by Gasteiger charge is 2.28. The molecular weight excluding hydrogens is 335 g/mol. The first-order chi connectivity index (χ1) is 12.5. The van der Waals surface area contributed by atoms with Crippen molar-refractivity contribution in [2.75, 3.05) is 25.0 Å². The van der Waals surface area contributed by atoms with Crippen LogP contribution in [0, 0.1) is 5.82 Å². The van der Waals surface area contributed by atoms with Crippen LogP contribution in [0.5, 0.6) is 0 Å². The van der Waals surface area contributed by atoms with Crippen molar-refractivity contribution in [1.29, 1.82) is 0 Å². The molecule has 0 bridgehead atoms. The van der Waals surface area contributed by atoms with Crippen LogP contribution in [0.25, 0.3) is 0 Å². The highest BCUT2D eigenvalue weighted by Crippen LogP contribution is 2.31. The van der Waals surface area contributed by atoms with E-state index < -0.39 is 0 Å². The first kappa shape index (κ1) is 18.1. The number of halogens is 1. The number of hydrogen-bond acceptors (Lipinski definition) is 3. The van der Waals surface area contributed by atoms with Gasteiger partial charge in [-0.05, 0) is 55.8 Å². The van der Waals surface area contributed by atoms with Gasteiger partial charge in [0.2, 0.25) is 11.8 Å². The summed E-state index contributed by atoms with van der Waals surface area (Å²) in [6.07, 6.45) is 4.08. The van der Waals surface area contributed by atoms with E-state index in [1.165, 1.54) is 30.0 Å². The number of aryl methyl sites for hydroxylation is 1. The van der Waals surface area contributed by atoms with Gasteiger partial charge in [-0.2, -0.15) is 0 Å². The molecule has 1 aliphatic rings. The average Bonchev–Trinajstić information content (AvgIpc) is 3.23. The van der Waals surface area contributed by atoms with Crippen molar-refractivity contribution in [1.82, 2.24) is 14.8 Å². The van der Waals surface area contributed by atoms with Crippen molar-refractivity contribution in [2.24, 2.45) is 7.05 Å². The Morgan fingerprint density at radius 1 is 1.19 bits per heavy atom. The van der Waals surface area contributed by atoms with Crippen molar-refractivity contribution < 1.29 is 14.0 Å². The van der Waals surface area contributed by atoms with Crippen molar-refractivity contribution in [3.05, 3.63) is 54.1 Å². The fourth-order valence-corrected chi connectivity index (χ4v) is 3.33. The minimum atomic E-state index is -0.366. The largest absolute Gasteiger partial charge is 0.353 e. The highest BCUT2D eigenvalue weighted by molar-refractivity contribution is 5.94. The molecule has 0 saturated carbocycles. The molecule has 6 nitrogen and oxygen atoms in total. The van der Waals surface area contributed by atoms with Gasteiger partial charge in [0.25, 0.3) is 0 Å². The monoisotopic (exact) mass is 358 g/mol. The van der Waals surface area contributed by atoms with Crippen LogP contribution < -0.4 is 10.6 Å². The van der Waals surface area contributed by atoms with Crippen LogP contribution in [0.2, 0.25) is 0 Å². The van der Waals surface area contributed by atoms with E-state index in [2.05, 4.69) is 26.2 Å². The van der Waals surface area contributed by atoms with Gasteiger partial charge in [0, 0.05) is 24.6 Å². The molecule has 1 atom stereocenters. The van der Waals surface area contributed by atoms with Crippen molar-refractivity contribution in [3.8, 4) is 0 Å². The van der Waals surface area contributed by atoms with Gasteiger partial charge in [0.1, 0.15) is 5.82 Å². The number of carbonyl (C=O) groups is 2. The minimum absolute atomic E-state index is 0.112. The van der Waals surface area contributed by atoms with Crippen molar-refractivity contribution >= 4 is 17.5 Å². The number of rotatable bonds is 6. The van der Waals surface area contributed by atoms with E-state index in [-0.39, 0.29) is 36.8 Å². The summed E-state index contributed by atoms with van der Waals surface area (Å²) in [7, 11) is 2.01. The first-order valence-electron chi connectivity index (χ1n) is 8.70. The fourth-order valence-electron chi connectivity index (χ4n) is 3.33. The van der Waals surface area contributed by atoms with Crippen LogP contribution in [0.4, 0.5) is 10.1 Å². The zero-order chi connectivity index (χ0) is 18.5. The van der Waals surface area contributed by atoms with Crippen molar-refractivity contribution in [2.45, 2.75) is 18.9 Å². The van der Waals surface area contributed by atoms with Crippen LogP contribution in [-0.2, 0) is 16.6 Å². The highest BCUT2D eigenvalue weighted by atomic mass is 19.1. The van der Waals surface area contributed by atoms with Gasteiger partial charge in [0.15, 0.2) is 0 Å². The number of carbonyl (C=O) groups excluding carboxylic acids is 2. The lowest BCUT2D eigenvalue weighted by molar-refractivity contribution is -0.125. The predicted molar refractivity (Wildman–Crippen MR) is 97.0 cm³/mol. The molecule has 1 fully saturated rings.